The first-order valence-electron chi connectivity index (χ1n) is 7.74. The maximum absolute atomic E-state index is 10.7. The van der Waals surface area contributed by atoms with Gasteiger partial charge in [-0.1, -0.05) is 58.3 Å². The molecule has 0 bridgehead atoms. The first kappa shape index (κ1) is 15.9. The van der Waals surface area contributed by atoms with E-state index in [1.54, 1.807) is 7.11 Å². The molecule has 0 aliphatic heterocycles. The lowest BCUT2D eigenvalue weighted by atomic mass is 9.78. The number of nitrogens with one attached hydrogen (secondary N) is 1. The standard InChI is InChI=1S/C15H31NO2/c1-3-4-5-6-8-11-14(16-18-2)15(17)12-9-7-10-13-15/h14,16-17H,3-13H2,1-2H3. The molecule has 2 N–H and O–H groups in total. The molecule has 18 heavy (non-hydrogen) atoms. The van der Waals surface area contributed by atoms with Crippen molar-refractivity contribution < 1.29 is 9.94 Å². The molecule has 1 unspecified atom stereocenters. The SMILES string of the molecule is CCCCCCCC(NOC)C1(O)CCCCC1. The van der Waals surface area contributed by atoms with Crippen molar-refractivity contribution in [1.82, 2.24) is 5.48 Å². The summed E-state index contributed by atoms with van der Waals surface area (Å²) in [5, 5.41) is 10.7. The third-order valence-corrected chi connectivity index (χ3v) is 4.22. The summed E-state index contributed by atoms with van der Waals surface area (Å²) in [5.74, 6) is 0. The molecule has 0 heterocycles. The van der Waals surface area contributed by atoms with Gasteiger partial charge in [0, 0.05) is 0 Å². The Labute approximate surface area is 112 Å². The zero-order valence-electron chi connectivity index (χ0n) is 12.2. The Morgan fingerprint density at radius 1 is 1.11 bits per heavy atom. The minimum atomic E-state index is -0.543. The first-order valence-corrected chi connectivity index (χ1v) is 7.74. The fraction of sp³-hybridized carbons (Fsp3) is 1.00. The largest absolute Gasteiger partial charge is 0.388 e. The van der Waals surface area contributed by atoms with Crippen LogP contribution in [0.4, 0.5) is 0 Å². The van der Waals surface area contributed by atoms with E-state index in [1.807, 2.05) is 0 Å². The lowest BCUT2D eigenvalue weighted by molar-refractivity contribution is -0.0822. The van der Waals surface area contributed by atoms with Crippen LogP contribution in [-0.4, -0.2) is 23.9 Å². The lowest BCUT2D eigenvalue weighted by Gasteiger charge is -2.39. The monoisotopic (exact) mass is 257 g/mol. The summed E-state index contributed by atoms with van der Waals surface area (Å²) in [6.45, 7) is 2.24. The van der Waals surface area contributed by atoms with Crippen LogP contribution in [0.5, 0.6) is 0 Å². The van der Waals surface area contributed by atoms with Crippen molar-refractivity contribution in [1.29, 1.82) is 0 Å². The van der Waals surface area contributed by atoms with Gasteiger partial charge in [0.2, 0.25) is 0 Å². The molecule has 0 spiro atoms. The Hall–Kier alpha value is -0.120. The normalized spacial score (nSPS) is 20.8. The number of hydroxylamine groups is 1. The number of rotatable bonds is 9. The molecule has 0 aromatic heterocycles. The molecule has 0 amide bonds. The van der Waals surface area contributed by atoms with Crippen LogP contribution in [0.2, 0.25) is 0 Å². The highest BCUT2D eigenvalue weighted by Crippen LogP contribution is 2.33. The van der Waals surface area contributed by atoms with E-state index in [-0.39, 0.29) is 6.04 Å². The van der Waals surface area contributed by atoms with E-state index in [0.717, 1.165) is 32.1 Å². The second-order valence-electron chi connectivity index (χ2n) is 5.74. The zero-order chi connectivity index (χ0) is 13.3. The van der Waals surface area contributed by atoms with Crippen molar-refractivity contribution in [3.05, 3.63) is 0 Å². The van der Waals surface area contributed by atoms with E-state index in [9.17, 15) is 5.11 Å². The summed E-state index contributed by atoms with van der Waals surface area (Å²) < 4.78 is 0. The smallest absolute Gasteiger partial charge is 0.0822 e. The third-order valence-electron chi connectivity index (χ3n) is 4.22. The molecule has 0 aromatic rings. The van der Waals surface area contributed by atoms with E-state index in [1.165, 1.54) is 38.5 Å². The molecule has 3 nitrogen and oxygen atoms in total. The highest BCUT2D eigenvalue weighted by atomic mass is 16.6. The van der Waals surface area contributed by atoms with Crippen LogP contribution in [0.1, 0.15) is 77.6 Å². The van der Waals surface area contributed by atoms with Crippen LogP contribution in [0, 0.1) is 0 Å². The van der Waals surface area contributed by atoms with Gasteiger partial charge in [0.05, 0.1) is 18.8 Å². The molecule has 1 saturated carbocycles. The number of unbranched alkanes of at least 4 members (excludes halogenated alkanes) is 4. The minimum absolute atomic E-state index is 0.101. The van der Waals surface area contributed by atoms with E-state index < -0.39 is 5.60 Å². The van der Waals surface area contributed by atoms with Gasteiger partial charge < -0.3 is 9.94 Å². The molecule has 1 aliphatic rings. The number of hydrogen-bond acceptors (Lipinski definition) is 3. The van der Waals surface area contributed by atoms with Crippen molar-refractivity contribution in [3.63, 3.8) is 0 Å². The van der Waals surface area contributed by atoms with E-state index in [2.05, 4.69) is 12.4 Å². The molecule has 0 saturated heterocycles. The Balaban J connectivity index is 2.33. The highest BCUT2D eigenvalue weighted by molar-refractivity contribution is 4.92. The van der Waals surface area contributed by atoms with Crippen LogP contribution in [-0.2, 0) is 4.84 Å². The fourth-order valence-corrected chi connectivity index (χ4v) is 3.04. The molecule has 1 rings (SSSR count). The van der Waals surface area contributed by atoms with Crippen LogP contribution in [0.15, 0.2) is 0 Å². The van der Waals surface area contributed by atoms with Gasteiger partial charge in [-0.2, -0.15) is 5.48 Å². The summed E-state index contributed by atoms with van der Waals surface area (Å²) in [6.07, 6.45) is 12.8. The average Bonchev–Trinajstić information content (AvgIpc) is 2.38. The molecule has 0 aromatic carbocycles. The Morgan fingerprint density at radius 2 is 1.78 bits per heavy atom. The van der Waals surface area contributed by atoms with Crippen LogP contribution in [0.3, 0.4) is 0 Å². The topological polar surface area (TPSA) is 41.5 Å². The van der Waals surface area contributed by atoms with E-state index in [0.29, 0.717) is 0 Å². The lowest BCUT2D eigenvalue weighted by Crippen LogP contribution is -2.51. The number of aliphatic hydroxyl groups is 1. The molecular formula is C15H31NO2. The summed E-state index contributed by atoms with van der Waals surface area (Å²) in [6, 6.07) is 0.101. The maximum atomic E-state index is 10.7. The summed E-state index contributed by atoms with van der Waals surface area (Å²) >= 11 is 0. The summed E-state index contributed by atoms with van der Waals surface area (Å²) in [5.41, 5.74) is 2.49. The van der Waals surface area contributed by atoms with E-state index >= 15 is 0 Å². The Bertz CT molecular complexity index is 203. The Kier molecular flexibility index (Phi) is 7.87. The predicted molar refractivity (Wildman–Crippen MR) is 75.3 cm³/mol. The van der Waals surface area contributed by atoms with Gasteiger partial charge in [-0.05, 0) is 19.3 Å². The summed E-state index contributed by atoms with van der Waals surface area (Å²) in [7, 11) is 1.65. The second-order valence-corrected chi connectivity index (χ2v) is 5.74. The van der Waals surface area contributed by atoms with Gasteiger partial charge in [0.25, 0.3) is 0 Å². The first-order chi connectivity index (χ1) is 8.73. The predicted octanol–water partition coefficient (Wildman–Crippen LogP) is 3.56. The number of hydrogen-bond donors (Lipinski definition) is 2. The van der Waals surface area contributed by atoms with E-state index in [4.69, 9.17) is 4.84 Å². The summed E-state index contributed by atoms with van der Waals surface area (Å²) in [4.78, 5) is 5.09. The average molecular weight is 257 g/mol. The highest BCUT2D eigenvalue weighted by Gasteiger charge is 2.37. The molecule has 0 radical (unpaired) electrons. The molecule has 1 fully saturated rings. The minimum Gasteiger partial charge on any atom is -0.388 e. The van der Waals surface area contributed by atoms with Crippen molar-refractivity contribution >= 4 is 0 Å². The van der Waals surface area contributed by atoms with Crippen LogP contribution in [0.25, 0.3) is 0 Å². The quantitative estimate of drug-likeness (QED) is 0.490. The third kappa shape index (κ3) is 5.25. The van der Waals surface area contributed by atoms with Crippen molar-refractivity contribution in [2.45, 2.75) is 89.2 Å². The second kappa shape index (κ2) is 8.89. The molecule has 108 valence electrons. The van der Waals surface area contributed by atoms with Crippen molar-refractivity contribution in [2.75, 3.05) is 7.11 Å². The molecule has 1 atom stereocenters. The fourth-order valence-electron chi connectivity index (χ4n) is 3.04. The van der Waals surface area contributed by atoms with Crippen molar-refractivity contribution in [3.8, 4) is 0 Å². The zero-order valence-corrected chi connectivity index (χ0v) is 12.2. The molecule has 1 aliphatic carbocycles. The molecular weight excluding hydrogens is 226 g/mol. The van der Waals surface area contributed by atoms with Crippen LogP contribution < -0.4 is 5.48 Å². The van der Waals surface area contributed by atoms with Gasteiger partial charge in [-0.3, -0.25) is 0 Å². The molecule has 3 heteroatoms. The van der Waals surface area contributed by atoms with Gasteiger partial charge in [-0.25, -0.2) is 0 Å². The van der Waals surface area contributed by atoms with Crippen molar-refractivity contribution in [2.24, 2.45) is 0 Å². The Morgan fingerprint density at radius 3 is 2.39 bits per heavy atom. The van der Waals surface area contributed by atoms with Crippen LogP contribution >= 0.6 is 0 Å². The van der Waals surface area contributed by atoms with Gasteiger partial charge in [0.15, 0.2) is 0 Å². The van der Waals surface area contributed by atoms with Gasteiger partial charge >= 0.3 is 0 Å². The van der Waals surface area contributed by atoms with Gasteiger partial charge in [0.1, 0.15) is 0 Å². The van der Waals surface area contributed by atoms with Gasteiger partial charge in [-0.15, -0.1) is 0 Å². The maximum Gasteiger partial charge on any atom is 0.0822 e.